The SMILES string of the molecule is O=C(NC(c1ccccc1)c1cccc(OCc2ccc(C3(C(=O)O)CCCCC3)cc2)c1)OC1CN2CCC1CC2. The minimum absolute atomic E-state index is 0.0616. The van der Waals surface area contributed by atoms with Gasteiger partial charge in [0, 0.05) is 6.54 Å². The first kappa shape index (κ1) is 28.3. The van der Waals surface area contributed by atoms with Gasteiger partial charge in [-0.05, 0) is 79.1 Å². The Kier molecular flexibility index (Phi) is 8.47. The predicted octanol–water partition coefficient (Wildman–Crippen LogP) is 6.46. The molecule has 0 radical (unpaired) electrons. The van der Waals surface area contributed by atoms with E-state index in [2.05, 4.69) is 10.2 Å². The molecule has 3 aromatic rings. The Morgan fingerprint density at radius 2 is 1.62 bits per heavy atom. The number of nitrogens with one attached hydrogen (secondary N) is 1. The van der Waals surface area contributed by atoms with Crippen LogP contribution in [0, 0.1) is 5.92 Å². The van der Waals surface area contributed by atoms with Gasteiger partial charge in [-0.3, -0.25) is 9.69 Å². The van der Waals surface area contributed by atoms with E-state index in [1.165, 1.54) is 0 Å². The zero-order valence-electron chi connectivity index (χ0n) is 24.0. The maximum Gasteiger partial charge on any atom is 0.408 e. The van der Waals surface area contributed by atoms with Crippen LogP contribution >= 0.6 is 0 Å². The van der Waals surface area contributed by atoms with Crippen molar-refractivity contribution in [3.8, 4) is 5.75 Å². The van der Waals surface area contributed by atoms with Crippen molar-refractivity contribution < 1.29 is 24.2 Å². The lowest BCUT2D eigenvalue weighted by molar-refractivity contribution is -0.145. The summed E-state index contributed by atoms with van der Waals surface area (Å²) in [6, 6.07) is 25.2. The molecule has 2 bridgehead atoms. The van der Waals surface area contributed by atoms with Crippen molar-refractivity contribution in [1.29, 1.82) is 0 Å². The van der Waals surface area contributed by atoms with Gasteiger partial charge in [-0.2, -0.15) is 0 Å². The zero-order chi connectivity index (χ0) is 28.9. The number of aliphatic carboxylic acids is 1. The molecular formula is C35H40N2O5. The first-order valence-corrected chi connectivity index (χ1v) is 15.3. The quantitative estimate of drug-likeness (QED) is 0.308. The van der Waals surface area contributed by atoms with Crippen molar-refractivity contribution in [2.24, 2.45) is 5.92 Å². The molecule has 1 amide bonds. The number of hydrogen-bond acceptors (Lipinski definition) is 5. The minimum atomic E-state index is -0.777. The van der Waals surface area contributed by atoms with E-state index in [-0.39, 0.29) is 12.1 Å². The third-order valence-electron chi connectivity index (χ3n) is 9.47. The molecule has 42 heavy (non-hydrogen) atoms. The molecule has 2 unspecified atom stereocenters. The lowest BCUT2D eigenvalue weighted by atomic mass is 9.69. The lowest BCUT2D eigenvalue weighted by Gasteiger charge is -2.43. The van der Waals surface area contributed by atoms with Gasteiger partial charge < -0.3 is 19.9 Å². The van der Waals surface area contributed by atoms with Crippen LogP contribution in [0.4, 0.5) is 4.79 Å². The Balaban J connectivity index is 1.13. The van der Waals surface area contributed by atoms with Crippen molar-refractivity contribution in [3.05, 3.63) is 101 Å². The van der Waals surface area contributed by atoms with Crippen molar-refractivity contribution in [1.82, 2.24) is 10.2 Å². The molecule has 2 atom stereocenters. The summed E-state index contributed by atoms with van der Waals surface area (Å²) in [6.45, 7) is 3.36. The van der Waals surface area contributed by atoms with E-state index >= 15 is 0 Å². The number of ether oxygens (including phenoxy) is 2. The monoisotopic (exact) mass is 568 g/mol. The highest BCUT2D eigenvalue weighted by Gasteiger charge is 2.41. The first-order chi connectivity index (χ1) is 20.5. The van der Waals surface area contributed by atoms with Crippen LogP contribution in [0.15, 0.2) is 78.9 Å². The standard InChI is InChI=1S/C35H40N2O5/c38-33(39)35(18-5-2-6-19-35)29-14-12-25(13-15-29)24-41-30-11-7-10-28(22-30)32(27-8-3-1-4-9-27)36-34(40)42-31-23-37-20-16-26(31)17-21-37/h1,3-4,7-15,22,26,31-32H,2,5-6,16-21,23-24H2,(H,36,40)(H,38,39). The second-order valence-corrected chi connectivity index (χ2v) is 12.1. The van der Waals surface area contributed by atoms with Gasteiger partial charge in [0.25, 0.3) is 0 Å². The van der Waals surface area contributed by atoms with Gasteiger partial charge in [0.1, 0.15) is 18.5 Å². The summed E-state index contributed by atoms with van der Waals surface area (Å²) in [5.41, 5.74) is 2.94. The molecule has 1 aliphatic carbocycles. The van der Waals surface area contributed by atoms with E-state index in [0.29, 0.717) is 31.1 Å². The first-order valence-electron chi connectivity index (χ1n) is 15.3. The van der Waals surface area contributed by atoms with Gasteiger partial charge in [-0.1, -0.05) is 86.0 Å². The fourth-order valence-electron chi connectivity index (χ4n) is 6.99. The summed E-state index contributed by atoms with van der Waals surface area (Å²) >= 11 is 0. The normalized spacial score (nSPS) is 23.5. The number of alkyl carbamates (subject to hydrolysis) is 1. The van der Waals surface area contributed by atoms with Gasteiger partial charge in [-0.15, -0.1) is 0 Å². The molecular weight excluding hydrogens is 528 g/mol. The van der Waals surface area contributed by atoms with Crippen LogP contribution in [0.2, 0.25) is 0 Å². The molecule has 7 rings (SSSR count). The van der Waals surface area contributed by atoms with Crippen LogP contribution in [0.5, 0.6) is 5.75 Å². The Hall–Kier alpha value is -3.84. The molecule has 3 heterocycles. The highest BCUT2D eigenvalue weighted by molar-refractivity contribution is 5.81. The molecule has 2 N–H and O–H groups in total. The molecule has 0 aromatic heterocycles. The van der Waals surface area contributed by atoms with Crippen LogP contribution in [-0.2, 0) is 21.6 Å². The number of hydrogen-bond donors (Lipinski definition) is 2. The van der Waals surface area contributed by atoms with E-state index in [4.69, 9.17) is 9.47 Å². The number of amides is 1. The number of carbonyl (C=O) groups excluding carboxylic acids is 1. The second kappa shape index (κ2) is 12.6. The molecule has 7 nitrogen and oxygen atoms in total. The van der Waals surface area contributed by atoms with Crippen molar-refractivity contribution in [2.45, 2.75) is 69.1 Å². The van der Waals surface area contributed by atoms with Crippen molar-refractivity contribution in [3.63, 3.8) is 0 Å². The summed E-state index contributed by atoms with van der Waals surface area (Å²) in [5.74, 6) is 0.413. The fraction of sp³-hybridized carbons (Fsp3) is 0.429. The number of nitrogens with zero attached hydrogens (tertiary/aromatic N) is 1. The van der Waals surface area contributed by atoms with Crippen LogP contribution in [0.1, 0.15) is 73.2 Å². The summed E-state index contributed by atoms with van der Waals surface area (Å²) in [5, 5.41) is 13.1. The topological polar surface area (TPSA) is 88.1 Å². The van der Waals surface area contributed by atoms with Crippen molar-refractivity contribution >= 4 is 12.1 Å². The molecule has 4 aliphatic rings. The number of carboxylic acids is 1. The van der Waals surface area contributed by atoms with Gasteiger partial charge in [0.15, 0.2) is 0 Å². The Morgan fingerprint density at radius 3 is 2.29 bits per heavy atom. The van der Waals surface area contributed by atoms with Crippen molar-refractivity contribution in [2.75, 3.05) is 19.6 Å². The number of fused-ring (bicyclic) bond motifs is 3. The number of benzene rings is 3. The molecule has 0 spiro atoms. The molecule has 3 saturated heterocycles. The Morgan fingerprint density at radius 1 is 0.905 bits per heavy atom. The molecule has 1 saturated carbocycles. The third-order valence-corrected chi connectivity index (χ3v) is 9.47. The summed E-state index contributed by atoms with van der Waals surface area (Å²) in [6.07, 6.45) is 6.09. The van der Waals surface area contributed by atoms with E-state index in [1.54, 1.807) is 0 Å². The van der Waals surface area contributed by atoms with E-state index < -0.39 is 17.5 Å². The Labute approximate surface area is 247 Å². The number of rotatable bonds is 9. The van der Waals surface area contributed by atoms with Gasteiger partial charge in [0.2, 0.25) is 0 Å². The molecule has 3 aliphatic heterocycles. The van der Waals surface area contributed by atoms with Crippen LogP contribution < -0.4 is 10.1 Å². The lowest BCUT2D eigenvalue weighted by Crippen LogP contribution is -2.52. The molecule has 7 heteroatoms. The van der Waals surface area contributed by atoms with E-state index in [0.717, 1.165) is 74.0 Å². The van der Waals surface area contributed by atoms with Gasteiger partial charge in [-0.25, -0.2) is 4.79 Å². The van der Waals surface area contributed by atoms with Gasteiger partial charge in [0.05, 0.1) is 11.5 Å². The average molecular weight is 569 g/mol. The maximum atomic E-state index is 13.1. The fourth-order valence-corrected chi connectivity index (χ4v) is 6.99. The highest BCUT2D eigenvalue weighted by Crippen LogP contribution is 2.40. The third kappa shape index (κ3) is 6.16. The van der Waals surface area contributed by atoms with Gasteiger partial charge >= 0.3 is 12.1 Å². The van der Waals surface area contributed by atoms with E-state index in [9.17, 15) is 14.7 Å². The minimum Gasteiger partial charge on any atom is -0.489 e. The number of carbonyl (C=O) groups is 2. The van der Waals surface area contributed by atoms with Crippen LogP contribution in [-0.4, -0.2) is 47.8 Å². The molecule has 3 aromatic carbocycles. The summed E-state index contributed by atoms with van der Waals surface area (Å²) in [4.78, 5) is 27.7. The second-order valence-electron chi connectivity index (χ2n) is 12.1. The number of carboxylic acid groups (broad SMARTS) is 1. The zero-order valence-corrected chi connectivity index (χ0v) is 24.0. The maximum absolute atomic E-state index is 13.1. The highest BCUT2D eigenvalue weighted by atomic mass is 16.6. The number of piperidine rings is 3. The molecule has 4 fully saturated rings. The van der Waals surface area contributed by atoms with Crippen LogP contribution in [0.3, 0.4) is 0 Å². The summed E-state index contributed by atoms with van der Waals surface area (Å²) in [7, 11) is 0. The predicted molar refractivity (Wildman–Crippen MR) is 160 cm³/mol. The largest absolute Gasteiger partial charge is 0.489 e. The Bertz CT molecular complexity index is 1360. The average Bonchev–Trinajstić information content (AvgIpc) is 3.04. The smallest absolute Gasteiger partial charge is 0.408 e. The molecule has 220 valence electrons. The van der Waals surface area contributed by atoms with Crippen LogP contribution in [0.25, 0.3) is 0 Å². The summed E-state index contributed by atoms with van der Waals surface area (Å²) < 4.78 is 12.1. The van der Waals surface area contributed by atoms with E-state index in [1.807, 2.05) is 78.9 Å².